The van der Waals surface area contributed by atoms with Crippen LogP contribution in [0.3, 0.4) is 0 Å². The number of amides is 2. The topological polar surface area (TPSA) is 112 Å². The highest BCUT2D eigenvalue weighted by molar-refractivity contribution is 5.95. The number of nitrogens with zero attached hydrogens (tertiary/aromatic N) is 3. The van der Waals surface area contributed by atoms with E-state index in [2.05, 4.69) is 43.0 Å². The summed E-state index contributed by atoms with van der Waals surface area (Å²) in [6.45, 7) is 10.6. The van der Waals surface area contributed by atoms with Gasteiger partial charge in [0.25, 0.3) is 5.91 Å². The lowest BCUT2D eigenvalue weighted by molar-refractivity contribution is -0.126. The van der Waals surface area contributed by atoms with Crippen molar-refractivity contribution in [2.75, 3.05) is 20.2 Å². The third-order valence-electron chi connectivity index (χ3n) is 9.20. The lowest BCUT2D eigenvalue weighted by Gasteiger charge is -2.37. The molecule has 5 rings (SSSR count). The highest BCUT2D eigenvalue weighted by Gasteiger charge is 2.31. The number of ether oxygens (including phenoxy) is 1. The molecule has 1 saturated carbocycles. The van der Waals surface area contributed by atoms with Crippen LogP contribution >= 0.6 is 0 Å². The van der Waals surface area contributed by atoms with E-state index in [1.54, 1.807) is 31.4 Å². The van der Waals surface area contributed by atoms with Gasteiger partial charge in [-0.05, 0) is 127 Å². The van der Waals surface area contributed by atoms with Gasteiger partial charge < -0.3 is 24.7 Å². The molecule has 0 bridgehead atoms. The van der Waals surface area contributed by atoms with Crippen molar-refractivity contribution >= 4 is 22.8 Å². The minimum absolute atomic E-state index is 0.00756. The highest BCUT2D eigenvalue weighted by atomic mass is 16.5. The molecule has 0 radical (unpaired) electrons. The van der Waals surface area contributed by atoms with Crippen LogP contribution in [0.1, 0.15) is 88.2 Å². The van der Waals surface area contributed by atoms with E-state index < -0.39 is 5.60 Å². The largest absolute Gasteiger partial charge is 0.497 e. The Morgan fingerprint density at radius 1 is 1.05 bits per heavy atom. The quantitative estimate of drug-likeness (QED) is 0.344. The SMILES string of the molecule is COc1ccc(C(=O)/N=c2/[nH]c3ccc(CN4CCC(C(C)(C)O)CC4)cc3n2C2CCC(C(=O)NC(C)C)CC2)cc1. The van der Waals surface area contributed by atoms with E-state index in [9.17, 15) is 14.7 Å². The molecule has 3 N–H and O–H groups in total. The second-order valence-electron chi connectivity index (χ2n) is 13.2. The van der Waals surface area contributed by atoms with E-state index in [0.717, 1.165) is 69.2 Å². The number of nitrogens with one attached hydrogen (secondary N) is 2. The minimum atomic E-state index is -0.640. The molecule has 9 nitrogen and oxygen atoms in total. The molecule has 0 unspecified atom stereocenters. The van der Waals surface area contributed by atoms with Crippen LogP contribution < -0.4 is 15.7 Å². The fourth-order valence-corrected chi connectivity index (χ4v) is 6.68. The maximum Gasteiger partial charge on any atom is 0.280 e. The van der Waals surface area contributed by atoms with E-state index in [-0.39, 0.29) is 29.8 Å². The first-order chi connectivity index (χ1) is 20.5. The predicted molar refractivity (Wildman–Crippen MR) is 168 cm³/mol. The summed E-state index contributed by atoms with van der Waals surface area (Å²) < 4.78 is 7.43. The number of carbonyl (C=O) groups is 2. The zero-order chi connectivity index (χ0) is 30.7. The number of rotatable bonds is 8. The normalized spacial score (nSPS) is 21.0. The molecule has 43 heavy (non-hydrogen) atoms. The number of piperidine rings is 1. The van der Waals surface area contributed by atoms with Crippen molar-refractivity contribution in [1.29, 1.82) is 0 Å². The molecule has 1 aromatic heterocycles. The number of benzene rings is 2. The van der Waals surface area contributed by atoms with Gasteiger partial charge in [0.15, 0.2) is 0 Å². The van der Waals surface area contributed by atoms with Crippen molar-refractivity contribution in [1.82, 2.24) is 19.8 Å². The number of H-pyrrole nitrogens is 1. The number of likely N-dealkylation sites (tertiary alicyclic amines) is 1. The van der Waals surface area contributed by atoms with E-state index in [1.807, 2.05) is 27.7 Å². The van der Waals surface area contributed by atoms with Crippen LogP contribution in [0.4, 0.5) is 0 Å². The standard InChI is InChI=1S/C34H47N5O4/c1-22(2)35-31(40)24-7-11-27(12-8-24)39-30-20-23(21-38-18-16-26(17-19-38)34(3,4)42)6-15-29(30)36-33(39)37-32(41)25-9-13-28(43-5)14-10-25/h6,9-10,13-15,20,22,24,26-27,42H,7-8,11-12,16-19,21H2,1-5H3,(H,35,40)(H,36,37,41). The third kappa shape index (κ3) is 7.39. The summed E-state index contributed by atoms with van der Waals surface area (Å²) in [6.07, 6.45) is 5.23. The lowest BCUT2D eigenvalue weighted by Crippen LogP contribution is -2.41. The molecule has 2 aromatic carbocycles. The smallest absolute Gasteiger partial charge is 0.280 e. The summed E-state index contributed by atoms with van der Waals surface area (Å²) in [6, 6.07) is 13.7. The Morgan fingerprint density at radius 2 is 1.72 bits per heavy atom. The van der Waals surface area contributed by atoms with Gasteiger partial charge in [0.1, 0.15) is 5.75 Å². The molecule has 1 aliphatic carbocycles. The second kappa shape index (κ2) is 13.1. The average molecular weight is 590 g/mol. The molecule has 2 heterocycles. The first kappa shape index (κ1) is 31.0. The Kier molecular flexibility index (Phi) is 9.42. The van der Waals surface area contributed by atoms with Crippen molar-refractivity contribution < 1.29 is 19.4 Å². The lowest BCUT2D eigenvalue weighted by atomic mass is 9.83. The van der Waals surface area contributed by atoms with Crippen LogP contribution in [0.25, 0.3) is 11.0 Å². The Morgan fingerprint density at radius 3 is 2.33 bits per heavy atom. The number of aromatic amines is 1. The Hall–Kier alpha value is -3.43. The van der Waals surface area contributed by atoms with Crippen molar-refractivity contribution in [3.05, 3.63) is 59.2 Å². The van der Waals surface area contributed by atoms with Gasteiger partial charge in [0.2, 0.25) is 11.5 Å². The predicted octanol–water partition coefficient (Wildman–Crippen LogP) is 4.96. The first-order valence-corrected chi connectivity index (χ1v) is 15.7. The van der Waals surface area contributed by atoms with Gasteiger partial charge >= 0.3 is 0 Å². The number of hydrogen-bond donors (Lipinski definition) is 3. The van der Waals surface area contributed by atoms with E-state index in [0.29, 0.717) is 22.8 Å². The van der Waals surface area contributed by atoms with Crippen LogP contribution in [0.5, 0.6) is 5.75 Å². The van der Waals surface area contributed by atoms with Crippen molar-refractivity contribution in [3.63, 3.8) is 0 Å². The average Bonchev–Trinajstić information content (AvgIpc) is 3.33. The molecule has 2 aliphatic rings. The summed E-state index contributed by atoms with van der Waals surface area (Å²) in [4.78, 5) is 36.5. The van der Waals surface area contributed by atoms with Gasteiger partial charge in [-0.2, -0.15) is 4.99 Å². The molecule has 2 amide bonds. The molecule has 0 atom stereocenters. The summed E-state index contributed by atoms with van der Waals surface area (Å²) in [5.74, 6) is 0.833. The molecule has 2 fully saturated rings. The molecule has 1 aliphatic heterocycles. The molecule has 0 spiro atoms. The maximum absolute atomic E-state index is 13.3. The van der Waals surface area contributed by atoms with Crippen LogP contribution in [0, 0.1) is 11.8 Å². The Bertz CT molecular complexity index is 1480. The van der Waals surface area contributed by atoms with Gasteiger partial charge in [-0.25, -0.2) is 0 Å². The van der Waals surface area contributed by atoms with Crippen molar-refractivity contribution in [2.45, 2.75) is 90.4 Å². The van der Waals surface area contributed by atoms with Gasteiger partial charge in [0.05, 0.1) is 23.7 Å². The summed E-state index contributed by atoms with van der Waals surface area (Å²) >= 11 is 0. The zero-order valence-corrected chi connectivity index (χ0v) is 26.2. The monoisotopic (exact) mass is 589 g/mol. The molecule has 9 heteroatoms. The van der Waals surface area contributed by atoms with Gasteiger partial charge in [-0.3, -0.25) is 14.5 Å². The van der Waals surface area contributed by atoms with E-state index in [1.165, 1.54) is 5.56 Å². The number of aliphatic hydroxyl groups is 1. The highest BCUT2D eigenvalue weighted by Crippen LogP contribution is 2.34. The van der Waals surface area contributed by atoms with Crippen LogP contribution in [0.15, 0.2) is 47.5 Å². The van der Waals surface area contributed by atoms with Crippen LogP contribution in [-0.2, 0) is 11.3 Å². The van der Waals surface area contributed by atoms with Crippen molar-refractivity contribution in [3.8, 4) is 5.75 Å². The van der Waals surface area contributed by atoms with Gasteiger partial charge in [0, 0.05) is 30.1 Å². The van der Waals surface area contributed by atoms with Crippen LogP contribution in [-0.4, -0.2) is 63.2 Å². The zero-order valence-electron chi connectivity index (χ0n) is 26.2. The van der Waals surface area contributed by atoms with Gasteiger partial charge in [-0.1, -0.05) is 6.07 Å². The number of fused-ring (bicyclic) bond motifs is 1. The minimum Gasteiger partial charge on any atom is -0.497 e. The summed E-state index contributed by atoms with van der Waals surface area (Å²) in [7, 11) is 1.60. The Balaban J connectivity index is 1.43. The summed E-state index contributed by atoms with van der Waals surface area (Å²) in [5.41, 5.74) is 3.56. The third-order valence-corrected chi connectivity index (χ3v) is 9.20. The fraction of sp³-hybridized carbons (Fsp3) is 0.559. The molecular formula is C34H47N5O4. The number of imidazole rings is 1. The molecular weight excluding hydrogens is 542 g/mol. The first-order valence-electron chi connectivity index (χ1n) is 15.7. The number of hydrogen-bond acceptors (Lipinski definition) is 5. The molecule has 3 aromatic rings. The fourth-order valence-electron chi connectivity index (χ4n) is 6.68. The van der Waals surface area contributed by atoms with Crippen molar-refractivity contribution in [2.24, 2.45) is 16.8 Å². The second-order valence-corrected chi connectivity index (χ2v) is 13.2. The van der Waals surface area contributed by atoms with E-state index >= 15 is 0 Å². The molecule has 1 saturated heterocycles. The Labute approximate surface area is 254 Å². The number of aromatic nitrogens is 2. The number of methoxy groups -OCH3 is 1. The maximum atomic E-state index is 13.3. The number of carbonyl (C=O) groups excluding carboxylic acids is 2. The molecule has 232 valence electrons. The van der Waals surface area contributed by atoms with Gasteiger partial charge in [-0.15, -0.1) is 0 Å². The van der Waals surface area contributed by atoms with Crippen LogP contribution in [0.2, 0.25) is 0 Å². The van der Waals surface area contributed by atoms with E-state index in [4.69, 9.17) is 4.74 Å². The summed E-state index contributed by atoms with van der Waals surface area (Å²) in [5, 5.41) is 13.5.